The summed E-state index contributed by atoms with van der Waals surface area (Å²) in [6, 6.07) is 12.6. The zero-order valence-corrected chi connectivity index (χ0v) is 18.0. The summed E-state index contributed by atoms with van der Waals surface area (Å²) in [5.41, 5.74) is 1.12. The van der Waals surface area contributed by atoms with Crippen molar-refractivity contribution in [1.82, 2.24) is 4.90 Å². The highest BCUT2D eigenvalue weighted by Crippen LogP contribution is 2.31. The Balaban J connectivity index is 2.12. The number of anilines is 1. The fourth-order valence-corrected chi connectivity index (χ4v) is 2.90. The number of amides is 1. The van der Waals surface area contributed by atoms with Crippen LogP contribution in [0.4, 0.5) is 5.69 Å². The molecule has 2 aromatic rings. The number of carbonyl (C=O) groups excluding carboxylic acids is 1. The van der Waals surface area contributed by atoms with Gasteiger partial charge in [-0.1, -0.05) is 26.0 Å². The molecule has 1 amide bonds. The van der Waals surface area contributed by atoms with Gasteiger partial charge in [-0.25, -0.2) is 0 Å². The highest BCUT2D eigenvalue weighted by atomic mass is 16.5. The van der Waals surface area contributed by atoms with E-state index >= 15 is 0 Å². The maximum absolute atomic E-state index is 12.8. The van der Waals surface area contributed by atoms with Crippen molar-refractivity contribution >= 4 is 11.6 Å². The first-order valence-electron chi connectivity index (χ1n) is 10.1. The number of likely N-dealkylation sites (N-methyl/N-ethyl adjacent to an activating group) is 1. The molecule has 0 atom stereocenters. The molecule has 0 saturated carbocycles. The van der Waals surface area contributed by atoms with E-state index in [1.54, 1.807) is 37.4 Å². The molecule has 6 nitrogen and oxygen atoms in total. The van der Waals surface area contributed by atoms with Crippen molar-refractivity contribution in [3.05, 3.63) is 48.0 Å². The van der Waals surface area contributed by atoms with Crippen LogP contribution in [0.3, 0.4) is 0 Å². The molecular formula is C23H32N2O4. The van der Waals surface area contributed by atoms with Crippen LogP contribution in [0.1, 0.15) is 38.1 Å². The largest absolute Gasteiger partial charge is 0.493 e. The quantitative estimate of drug-likeness (QED) is 0.604. The lowest BCUT2D eigenvalue weighted by molar-refractivity contribution is 0.102. The predicted octanol–water partition coefficient (Wildman–Crippen LogP) is 4.46. The first-order valence-corrected chi connectivity index (χ1v) is 10.1. The van der Waals surface area contributed by atoms with Gasteiger partial charge in [-0.15, -0.1) is 0 Å². The number of ether oxygens (including phenoxy) is 3. The van der Waals surface area contributed by atoms with Gasteiger partial charge in [0.1, 0.15) is 12.4 Å². The number of nitrogens with zero attached hydrogens (tertiary/aromatic N) is 1. The zero-order valence-electron chi connectivity index (χ0n) is 18.0. The van der Waals surface area contributed by atoms with Crippen LogP contribution in [0.5, 0.6) is 17.2 Å². The summed E-state index contributed by atoms with van der Waals surface area (Å²) in [5.74, 6) is 1.56. The second-order valence-corrected chi connectivity index (χ2v) is 6.86. The maximum atomic E-state index is 12.8. The lowest BCUT2D eigenvalue weighted by Gasteiger charge is -2.19. The van der Waals surface area contributed by atoms with Gasteiger partial charge < -0.3 is 24.4 Å². The lowest BCUT2D eigenvalue weighted by Crippen LogP contribution is -2.28. The minimum Gasteiger partial charge on any atom is -0.493 e. The number of methoxy groups -OCH3 is 1. The van der Waals surface area contributed by atoms with Crippen LogP contribution in [0.25, 0.3) is 0 Å². The van der Waals surface area contributed by atoms with Crippen LogP contribution in [0.2, 0.25) is 0 Å². The van der Waals surface area contributed by atoms with Crippen molar-refractivity contribution < 1.29 is 19.0 Å². The van der Waals surface area contributed by atoms with Gasteiger partial charge in [-0.3, -0.25) is 4.79 Å². The molecule has 2 aromatic carbocycles. The van der Waals surface area contributed by atoms with Crippen LogP contribution < -0.4 is 19.5 Å². The van der Waals surface area contributed by atoms with E-state index in [-0.39, 0.29) is 12.0 Å². The Morgan fingerprint density at radius 1 is 1.03 bits per heavy atom. The normalized spacial score (nSPS) is 10.9. The third-order valence-corrected chi connectivity index (χ3v) is 4.48. The zero-order chi connectivity index (χ0) is 21.2. The van der Waals surface area contributed by atoms with Gasteiger partial charge in [0.25, 0.3) is 5.91 Å². The molecule has 29 heavy (non-hydrogen) atoms. The van der Waals surface area contributed by atoms with E-state index in [1.807, 2.05) is 26.0 Å². The molecule has 0 unspecified atom stereocenters. The van der Waals surface area contributed by atoms with Crippen molar-refractivity contribution in [1.29, 1.82) is 0 Å². The van der Waals surface area contributed by atoms with E-state index in [0.29, 0.717) is 35.1 Å². The highest BCUT2D eigenvalue weighted by molar-refractivity contribution is 6.06. The Hall–Kier alpha value is -2.73. The van der Waals surface area contributed by atoms with Gasteiger partial charge in [-0.05, 0) is 51.2 Å². The maximum Gasteiger partial charge on any atom is 0.259 e. The Morgan fingerprint density at radius 2 is 1.76 bits per heavy atom. The average Bonchev–Trinajstić information content (AvgIpc) is 2.71. The Morgan fingerprint density at radius 3 is 2.41 bits per heavy atom. The van der Waals surface area contributed by atoms with Crippen LogP contribution in [-0.4, -0.2) is 50.3 Å². The third kappa shape index (κ3) is 6.68. The summed E-state index contributed by atoms with van der Waals surface area (Å²) in [7, 11) is 1.60. The number of nitrogens with one attached hydrogen (secondary N) is 1. The van der Waals surface area contributed by atoms with Crippen molar-refractivity contribution in [2.24, 2.45) is 0 Å². The summed E-state index contributed by atoms with van der Waals surface area (Å²) in [4.78, 5) is 15.1. The molecule has 1 N–H and O–H groups in total. The van der Waals surface area contributed by atoms with Gasteiger partial charge >= 0.3 is 0 Å². The van der Waals surface area contributed by atoms with E-state index in [2.05, 4.69) is 24.1 Å². The minimum atomic E-state index is -0.236. The topological polar surface area (TPSA) is 60.0 Å². The van der Waals surface area contributed by atoms with E-state index in [4.69, 9.17) is 14.2 Å². The Kier molecular flexibility index (Phi) is 8.80. The molecule has 0 bridgehead atoms. The monoisotopic (exact) mass is 400 g/mol. The first-order chi connectivity index (χ1) is 14.0. The average molecular weight is 401 g/mol. The molecule has 0 saturated heterocycles. The Labute approximate surface area is 173 Å². The molecule has 0 radical (unpaired) electrons. The van der Waals surface area contributed by atoms with Crippen molar-refractivity contribution in [3.63, 3.8) is 0 Å². The standard InChI is InChI=1S/C23H32N2O4/c1-6-25(7-2)14-15-28-22-16-18(12-13-21(22)27-5)24-23(26)19-10-8-9-11-20(19)29-17(3)4/h8-13,16-17H,6-7,14-15H2,1-5H3,(H,24,26). The molecule has 6 heteroatoms. The summed E-state index contributed by atoms with van der Waals surface area (Å²) in [6.07, 6.45) is -0.0178. The SMILES string of the molecule is CCN(CC)CCOc1cc(NC(=O)c2ccccc2OC(C)C)ccc1OC. The smallest absolute Gasteiger partial charge is 0.259 e. The van der Waals surface area contributed by atoms with E-state index in [0.717, 1.165) is 19.6 Å². The molecule has 0 aliphatic carbocycles. The number of rotatable bonds is 11. The fourth-order valence-electron chi connectivity index (χ4n) is 2.90. The lowest BCUT2D eigenvalue weighted by atomic mass is 10.1. The highest BCUT2D eigenvalue weighted by Gasteiger charge is 2.15. The number of benzene rings is 2. The molecule has 0 fully saturated rings. The molecule has 0 aliphatic heterocycles. The second-order valence-electron chi connectivity index (χ2n) is 6.86. The number of hydrogen-bond acceptors (Lipinski definition) is 5. The van der Waals surface area contributed by atoms with Gasteiger partial charge in [0, 0.05) is 18.3 Å². The molecule has 158 valence electrons. The summed E-state index contributed by atoms with van der Waals surface area (Å²) in [5, 5.41) is 2.92. The number of carbonyl (C=O) groups is 1. The first kappa shape index (κ1) is 22.6. The van der Waals surface area contributed by atoms with Crippen LogP contribution >= 0.6 is 0 Å². The molecule has 2 rings (SSSR count). The van der Waals surface area contributed by atoms with E-state index in [9.17, 15) is 4.79 Å². The molecule has 0 aromatic heterocycles. The van der Waals surface area contributed by atoms with Crippen LogP contribution in [0.15, 0.2) is 42.5 Å². The van der Waals surface area contributed by atoms with E-state index in [1.165, 1.54) is 0 Å². The van der Waals surface area contributed by atoms with Gasteiger partial charge in [0.05, 0.1) is 18.8 Å². The molecular weight excluding hydrogens is 368 g/mol. The van der Waals surface area contributed by atoms with Gasteiger partial charge in [0.2, 0.25) is 0 Å². The predicted molar refractivity (Wildman–Crippen MR) is 116 cm³/mol. The molecule has 0 heterocycles. The summed E-state index contributed by atoms with van der Waals surface area (Å²) in [6.45, 7) is 11.4. The molecule has 0 spiro atoms. The van der Waals surface area contributed by atoms with Crippen molar-refractivity contribution in [2.45, 2.75) is 33.8 Å². The van der Waals surface area contributed by atoms with E-state index < -0.39 is 0 Å². The van der Waals surface area contributed by atoms with Crippen LogP contribution in [0, 0.1) is 0 Å². The van der Waals surface area contributed by atoms with Crippen LogP contribution in [-0.2, 0) is 0 Å². The van der Waals surface area contributed by atoms with Gasteiger partial charge in [0.15, 0.2) is 11.5 Å². The van der Waals surface area contributed by atoms with Gasteiger partial charge in [-0.2, -0.15) is 0 Å². The summed E-state index contributed by atoms with van der Waals surface area (Å²) < 4.78 is 17.1. The summed E-state index contributed by atoms with van der Waals surface area (Å²) >= 11 is 0. The fraction of sp³-hybridized carbons (Fsp3) is 0.435. The third-order valence-electron chi connectivity index (χ3n) is 4.48. The Bertz CT molecular complexity index is 788. The van der Waals surface area contributed by atoms with Crippen molar-refractivity contribution in [2.75, 3.05) is 38.7 Å². The second kappa shape index (κ2) is 11.3. The van der Waals surface area contributed by atoms with Crippen molar-refractivity contribution in [3.8, 4) is 17.2 Å². The minimum absolute atomic E-state index is 0.0178. The number of hydrogen-bond donors (Lipinski definition) is 1. The molecule has 0 aliphatic rings. The number of para-hydroxylation sites is 1.